The molecule has 3 aromatic rings. The van der Waals surface area contributed by atoms with E-state index in [0.717, 1.165) is 4.68 Å². The summed E-state index contributed by atoms with van der Waals surface area (Å²) < 4.78 is 13.3. The summed E-state index contributed by atoms with van der Waals surface area (Å²) in [5, 5.41) is 4.78. The minimum Gasteiger partial charge on any atom is -0.491 e. The Labute approximate surface area is 191 Å². The van der Waals surface area contributed by atoms with Crippen LogP contribution in [0, 0.1) is 0 Å². The van der Waals surface area contributed by atoms with Gasteiger partial charge in [-0.05, 0) is 44.2 Å². The highest BCUT2D eigenvalue weighted by Crippen LogP contribution is 2.27. The number of nitrogens with zero attached hydrogens (tertiary/aromatic N) is 5. The molecule has 0 N–H and O–H groups in total. The molecular weight excluding hydrogens is 434 g/mol. The van der Waals surface area contributed by atoms with Crippen LogP contribution >= 0.6 is 11.6 Å². The topological polar surface area (TPSA) is 91.5 Å². The molecule has 0 atom stereocenters. The molecule has 32 heavy (non-hydrogen) atoms. The second kappa shape index (κ2) is 10.4. The van der Waals surface area contributed by atoms with Crippen LogP contribution in [-0.2, 0) is 16.1 Å². The zero-order valence-corrected chi connectivity index (χ0v) is 19.2. The van der Waals surface area contributed by atoms with Gasteiger partial charge in [-0.3, -0.25) is 9.78 Å². The van der Waals surface area contributed by atoms with E-state index in [4.69, 9.17) is 21.1 Å². The van der Waals surface area contributed by atoms with Gasteiger partial charge in [-0.25, -0.2) is 14.0 Å². The van der Waals surface area contributed by atoms with Crippen molar-refractivity contribution in [3.05, 3.63) is 58.2 Å². The second-order valence-electron chi connectivity index (χ2n) is 7.42. The van der Waals surface area contributed by atoms with Gasteiger partial charge < -0.3 is 14.4 Å². The number of likely N-dealkylation sites (N-methyl/N-ethyl adjacent to an activating group) is 1. The third kappa shape index (κ3) is 5.35. The molecule has 0 radical (unpaired) electrons. The highest BCUT2D eigenvalue weighted by Gasteiger charge is 2.21. The first kappa shape index (κ1) is 23.5. The lowest BCUT2D eigenvalue weighted by molar-refractivity contribution is -0.131. The van der Waals surface area contributed by atoms with Gasteiger partial charge in [-0.1, -0.05) is 11.6 Å². The van der Waals surface area contributed by atoms with Crippen molar-refractivity contribution in [3.63, 3.8) is 0 Å². The van der Waals surface area contributed by atoms with Gasteiger partial charge in [0.1, 0.15) is 12.3 Å². The molecule has 0 spiro atoms. The summed E-state index contributed by atoms with van der Waals surface area (Å²) in [6, 6.07) is 8.75. The summed E-state index contributed by atoms with van der Waals surface area (Å²) >= 11 is 6.34. The summed E-state index contributed by atoms with van der Waals surface area (Å²) in [5.41, 5.74) is 0.638. The molecule has 0 saturated heterocycles. The Morgan fingerprint density at radius 3 is 2.56 bits per heavy atom. The fourth-order valence-corrected chi connectivity index (χ4v) is 3.23. The molecule has 0 aliphatic carbocycles. The van der Waals surface area contributed by atoms with Crippen LogP contribution in [0.1, 0.15) is 13.8 Å². The lowest BCUT2D eigenvalue weighted by atomic mass is 10.2. The number of benzene rings is 1. The van der Waals surface area contributed by atoms with Gasteiger partial charge in [0.2, 0.25) is 5.91 Å². The quantitative estimate of drug-likeness (QED) is 0.488. The van der Waals surface area contributed by atoms with Gasteiger partial charge in [-0.15, -0.1) is 5.10 Å². The fourth-order valence-electron chi connectivity index (χ4n) is 3.02. The van der Waals surface area contributed by atoms with Gasteiger partial charge >= 0.3 is 5.69 Å². The minimum absolute atomic E-state index is 0.0265. The molecule has 0 fully saturated rings. The molecule has 9 nitrogen and oxygen atoms in total. The van der Waals surface area contributed by atoms with Crippen LogP contribution in [0.5, 0.6) is 5.75 Å². The largest absolute Gasteiger partial charge is 0.491 e. The normalized spacial score (nSPS) is 11.1. The maximum Gasteiger partial charge on any atom is 0.351 e. The van der Waals surface area contributed by atoms with E-state index in [1.165, 1.54) is 15.7 Å². The Hall–Kier alpha value is -3.17. The number of aromatic nitrogens is 4. The zero-order valence-electron chi connectivity index (χ0n) is 18.5. The molecule has 0 bridgehead atoms. The predicted molar refractivity (Wildman–Crippen MR) is 121 cm³/mol. The average molecular weight is 460 g/mol. The number of carbonyl (C=O) groups is 1. The molecule has 170 valence electrons. The monoisotopic (exact) mass is 459 g/mol. The molecule has 10 heteroatoms. The molecule has 0 unspecified atom stereocenters. The van der Waals surface area contributed by atoms with Crippen LogP contribution in [0.3, 0.4) is 0 Å². The average Bonchev–Trinajstić information content (AvgIpc) is 3.08. The van der Waals surface area contributed by atoms with E-state index in [2.05, 4.69) is 10.1 Å². The van der Waals surface area contributed by atoms with Crippen LogP contribution < -0.4 is 10.4 Å². The molecule has 0 aliphatic rings. The number of carbonyl (C=O) groups excluding carboxylic acids is 1. The first-order valence-corrected chi connectivity index (χ1v) is 10.5. The molecule has 2 aromatic heterocycles. The van der Waals surface area contributed by atoms with Crippen LogP contribution in [-0.4, -0.2) is 63.6 Å². The van der Waals surface area contributed by atoms with Crippen LogP contribution in [0.2, 0.25) is 5.02 Å². The third-order valence-corrected chi connectivity index (χ3v) is 4.96. The highest BCUT2D eigenvalue weighted by atomic mass is 35.5. The van der Waals surface area contributed by atoms with Crippen LogP contribution in [0.25, 0.3) is 17.1 Å². The molecule has 0 aliphatic heterocycles. The Balaban J connectivity index is 2.04. The van der Waals surface area contributed by atoms with Gasteiger partial charge in [-0.2, -0.15) is 0 Å². The van der Waals surface area contributed by atoms with E-state index in [1.807, 2.05) is 13.8 Å². The Bertz CT molecular complexity index is 1120. The molecule has 1 aromatic carbocycles. The predicted octanol–water partition coefficient (Wildman–Crippen LogP) is 2.64. The lowest BCUT2D eigenvalue weighted by Gasteiger charge is -2.15. The van der Waals surface area contributed by atoms with E-state index < -0.39 is 5.69 Å². The standard InChI is InChI=1S/C22H26ClN5O4/c1-15(2)32-17-7-5-16(6-8-17)28-21(18-9-10-24-13-19(18)23)25-27(22(28)30)14-20(29)26(3)11-12-31-4/h5-10,13,15H,11-12,14H2,1-4H3. The molecule has 3 rings (SSSR count). The van der Waals surface area contributed by atoms with Crippen molar-refractivity contribution in [2.24, 2.45) is 0 Å². The summed E-state index contributed by atoms with van der Waals surface area (Å²) in [6.07, 6.45) is 3.07. The SMILES string of the molecule is COCCN(C)C(=O)Cn1nc(-c2ccncc2Cl)n(-c2ccc(OC(C)C)cc2)c1=O. The van der Waals surface area contributed by atoms with Gasteiger partial charge in [0.15, 0.2) is 5.82 Å². The summed E-state index contributed by atoms with van der Waals surface area (Å²) in [5.74, 6) is 0.733. The summed E-state index contributed by atoms with van der Waals surface area (Å²) in [4.78, 5) is 31.4. The number of methoxy groups -OCH3 is 1. The highest BCUT2D eigenvalue weighted by molar-refractivity contribution is 6.33. The van der Waals surface area contributed by atoms with Crippen molar-refractivity contribution in [2.75, 3.05) is 27.3 Å². The number of ether oxygens (including phenoxy) is 2. The van der Waals surface area contributed by atoms with Crippen molar-refractivity contribution in [2.45, 2.75) is 26.5 Å². The lowest BCUT2D eigenvalue weighted by Crippen LogP contribution is -2.36. The van der Waals surface area contributed by atoms with Crippen molar-refractivity contribution in [1.29, 1.82) is 0 Å². The number of hydrogen-bond acceptors (Lipinski definition) is 6. The summed E-state index contributed by atoms with van der Waals surface area (Å²) in [7, 11) is 3.21. The molecule has 1 amide bonds. The number of halogens is 1. The maximum absolute atomic E-state index is 13.3. The smallest absolute Gasteiger partial charge is 0.351 e. The van der Waals surface area contributed by atoms with Crippen LogP contribution in [0.15, 0.2) is 47.5 Å². The van der Waals surface area contributed by atoms with E-state index in [0.29, 0.717) is 41.0 Å². The van der Waals surface area contributed by atoms with Crippen molar-refractivity contribution >= 4 is 17.5 Å². The molecule has 0 saturated carbocycles. The minimum atomic E-state index is -0.459. The van der Waals surface area contributed by atoms with E-state index in [9.17, 15) is 9.59 Å². The number of rotatable bonds is 9. The Kier molecular flexibility index (Phi) is 7.66. The van der Waals surface area contributed by atoms with Gasteiger partial charge in [0.05, 0.1) is 23.4 Å². The molecule has 2 heterocycles. The maximum atomic E-state index is 13.3. The van der Waals surface area contributed by atoms with E-state index >= 15 is 0 Å². The fraction of sp³-hybridized carbons (Fsp3) is 0.364. The van der Waals surface area contributed by atoms with Gasteiger partial charge in [0, 0.05) is 38.7 Å². The summed E-state index contributed by atoms with van der Waals surface area (Å²) in [6.45, 7) is 4.47. The number of hydrogen-bond donors (Lipinski definition) is 0. The first-order valence-electron chi connectivity index (χ1n) is 10.1. The van der Waals surface area contributed by atoms with E-state index in [-0.39, 0.29) is 18.6 Å². The van der Waals surface area contributed by atoms with Crippen molar-refractivity contribution in [3.8, 4) is 22.8 Å². The van der Waals surface area contributed by atoms with Crippen molar-refractivity contribution < 1.29 is 14.3 Å². The number of pyridine rings is 1. The van der Waals surface area contributed by atoms with Gasteiger partial charge in [0.25, 0.3) is 0 Å². The second-order valence-corrected chi connectivity index (χ2v) is 7.83. The first-order chi connectivity index (χ1) is 15.3. The zero-order chi connectivity index (χ0) is 23.3. The third-order valence-electron chi connectivity index (χ3n) is 4.66. The molecular formula is C22H26ClN5O4. The van der Waals surface area contributed by atoms with E-state index in [1.54, 1.807) is 50.7 Å². The van der Waals surface area contributed by atoms with Crippen molar-refractivity contribution in [1.82, 2.24) is 24.2 Å². The Morgan fingerprint density at radius 2 is 1.94 bits per heavy atom. The Morgan fingerprint density at radius 1 is 1.22 bits per heavy atom. The number of amides is 1. The van der Waals surface area contributed by atoms with Crippen LogP contribution in [0.4, 0.5) is 0 Å².